The van der Waals surface area contributed by atoms with Gasteiger partial charge in [-0.15, -0.1) is 6.54 Å². The Morgan fingerprint density at radius 2 is 1.92 bits per heavy atom. The van der Waals surface area contributed by atoms with Gasteiger partial charge in [-0.25, -0.2) is 0 Å². The average molecular weight is 240 g/mol. The first kappa shape index (κ1) is 13.3. The van der Waals surface area contributed by atoms with E-state index in [1.165, 1.54) is 19.3 Å². The number of rotatable bonds is 0. The summed E-state index contributed by atoms with van der Waals surface area (Å²) in [5.74, 6) is 0.292. The summed E-state index contributed by atoms with van der Waals surface area (Å²) in [7, 11) is 0. The van der Waals surface area contributed by atoms with Crippen molar-refractivity contribution in [3.63, 3.8) is 0 Å². The van der Waals surface area contributed by atoms with Gasteiger partial charge in [-0.1, -0.05) is 32.6 Å². The van der Waals surface area contributed by atoms with Crippen molar-refractivity contribution in [3.8, 4) is 0 Å². The summed E-state index contributed by atoms with van der Waals surface area (Å²) in [4.78, 5) is 11.2. The zero-order chi connectivity index (χ0) is 8.10. The molecule has 1 heterocycles. The Kier molecular flexibility index (Phi) is 8.47. The van der Waals surface area contributed by atoms with E-state index in [-0.39, 0.29) is 70.0 Å². The number of nitrogens with zero attached hydrogens (tertiary/aromatic N) is 1. The summed E-state index contributed by atoms with van der Waals surface area (Å²) in [5.41, 5.74) is 0. The molecule has 0 spiro atoms. The number of hydrogen-bond donors (Lipinski definition) is 0. The molecule has 12 heavy (non-hydrogen) atoms. The summed E-state index contributed by atoms with van der Waals surface area (Å²) >= 11 is 0. The van der Waals surface area contributed by atoms with Crippen LogP contribution < -0.4 is 58.2 Å². The number of carbonyl (C=O) groups excluding carboxylic acids is 1. The SMILES string of the molecule is CC1CCCCCC[N-]C1=O.[Rb+]. The molecule has 1 fully saturated rings. The minimum atomic E-state index is 0. The number of hydrogen-bond acceptors (Lipinski definition) is 1. The predicted octanol–water partition coefficient (Wildman–Crippen LogP) is -0.509. The molecule has 1 amide bonds. The molecule has 0 radical (unpaired) electrons. The van der Waals surface area contributed by atoms with Crippen LogP contribution in [0.15, 0.2) is 0 Å². The second-order valence-electron chi connectivity index (χ2n) is 3.32. The van der Waals surface area contributed by atoms with Gasteiger partial charge in [-0.3, -0.25) is 0 Å². The van der Waals surface area contributed by atoms with E-state index in [2.05, 4.69) is 5.32 Å². The Balaban J connectivity index is 0.00000121. The van der Waals surface area contributed by atoms with Gasteiger partial charge >= 0.3 is 58.2 Å². The molecule has 0 bridgehead atoms. The standard InChI is InChI=1S/C9H17NO.Rb/c1-8-6-4-2-3-5-7-10-9(8)11;/h8H,2-7H2,1H3,(H,10,11);/q;+1/p-1. The molecule has 0 saturated carbocycles. The summed E-state index contributed by atoms with van der Waals surface area (Å²) in [6, 6.07) is 0. The first-order chi connectivity index (χ1) is 5.30. The van der Waals surface area contributed by atoms with E-state index in [0.29, 0.717) is 0 Å². The normalized spacial score (nSPS) is 25.8. The molecule has 0 aromatic heterocycles. The minimum absolute atomic E-state index is 0. The molecule has 0 N–H and O–H groups in total. The Hall–Kier alpha value is 1.28. The summed E-state index contributed by atoms with van der Waals surface area (Å²) in [6.07, 6.45) is 5.83. The van der Waals surface area contributed by atoms with Crippen LogP contribution in [0.1, 0.15) is 39.0 Å². The third kappa shape index (κ3) is 5.10. The van der Waals surface area contributed by atoms with Crippen LogP contribution in [0.5, 0.6) is 0 Å². The summed E-state index contributed by atoms with van der Waals surface area (Å²) in [6.45, 7) is 2.74. The number of carbonyl (C=O) groups is 1. The van der Waals surface area contributed by atoms with Crippen molar-refractivity contribution in [1.82, 2.24) is 0 Å². The Morgan fingerprint density at radius 3 is 2.67 bits per heavy atom. The summed E-state index contributed by atoms with van der Waals surface area (Å²) in [5, 5.41) is 3.99. The van der Waals surface area contributed by atoms with Crippen LogP contribution in [-0.4, -0.2) is 12.5 Å². The minimum Gasteiger partial charge on any atom is -0.653 e. The van der Waals surface area contributed by atoms with Crippen molar-refractivity contribution in [2.75, 3.05) is 6.54 Å². The Labute approximate surface area is 124 Å². The first-order valence-corrected chi connectivity index (χ1v) is 4.52. The molecule has 1 aliphatic rings. The maximum Gasteiger partial charge on any atom is 1.00 e. The maximum absolute atomic E-state index is 11.2. The Morgan fingerprint density at radius 1 is 1.25 bits per heavy atom. The molecule has 1 aliphatic heterocycles. The zero-order valence-corrected chi connectivity index (χ0v) is 13.1. The molecule has 1 atom stereocenters. The van der Waals surface area contributed by atoms with Crippen molar-refractivity contribution in [1.29, 1.82) is 0 Å². The fourth-order valence-corrected chi connectivity index (χ4v) is 1.38. The summed E-state index contributed by atoms with van der Waals surface area (Å²) < 4.78 is 0. The second-order valence-corrected chi connectivity index (χ2v) is 3.32. The molecule has 0 aliphatic carbocycles. The molecule has 1 unspecified atom stereocenters. The van der Waals surface area contributed by atoms with Gasteiger partial charge in [0.2, 0.25) is 0 Å². The van der Waals surface area contributed by atoms with Crippen LogP contribution >= 0.6 is 0 Å². The van der Waals surface area contributed by atoms with Crippen LogP contribution in [0.25, 0.3) is 5.32 Å². The Bertz CT molecular complexity index is 138. The predicted molar refractivity (Wildman–Crippen MR) is 45.5 cm³/mol. The molecular weight excluding hydrogens is 224 g/mol. The topological polar surface area (TPSA) is 31.2 Å². The third-order valence-corrected chi connectivity index (χ3v) is 2.23. The quantitative estimate of drug-likeness (QED) is 0.560. The van der Waals surface area contributed by atoms with E-state index in [0.717, 1.165) is 19.4 Å². The number of amides is 1. The average Bonchev–Trinajstić information content (AvgIpc) is 2.07. The van der Waals surface area contributed by atoms with Gasteiger partial charge < -0.3 is 10.1 Å². The molecular formula is C9H16NORb. The van der Waals surface area contributed by atoms with Crippen molar-refractivity contribution >= 4 is 5.91 Å². The fraction of sp³-hybridized carbons (Fsp3) is 0.889. The fourth-order valence-electron chi connectivity index (χ4n) is 1.38. The van der Waals surface area contributed by atoms with E-state index in [9.17, 15) is 4.79 Å². The van der Waals surface area contributed by atoms with Gasteiger partial charge in [0, 0.05) is 0 Å². The van der Waals surface area contributed by atoms with Crippen LogP contribution in [0.3, 0.4) is 0 Å². The van der Waals surface area contributed by atoms with E-state index in [4.69, 9.17) is 0 Å². The van der Waals surface area contributed by atoms with E-state index in [1.807, 2.05) is 6.92 Å². The van der Waals surface area contributed by atoms with Crippen molar-refractivity contribution in [2.24, 2.45) is 5.92 Å². The van der Waals surface area contributed by atoms with Gasteiger partial charge in [-0.05, 0) is 12.3 Å². The molecule has 3 heteroatoms. The van der Waals surface area contributed by atoms with Crippen LogP contribution in [0.2, 0.25) is 0 Å². The van der Waals surface area contributed by atoms with Crippen LogP contribution in [0.4, 0.5) is 0 Å². The van der Waals surface area contributed by atoms with Crippen molar-refractivity contribution < 1.29 is 63.0 Å². The van der Waals surface area contributed by atoms with Crippen LogP contribution in [0, 0.1) is 5.92 Å². The smallest absolute Gasteiger partial charge is 0.653 e. The maximum atomic E-state index is 11.2. The molecule has 0 aromatic rings. The molecule has 64 valence electrons. The van der Waals surface area contributed by atoms with Gasteiger partial charge in [0.25, 0.3) is 0 Å². The molecule has 1 rings (SSSR count). The van der Waals surface area contributed by atoms with Gasteiger partial charge in [0.05, 0.1) is 5.91 Å². The van der Waals surface area contributed by atoms with Gasteiger partial charge in [-0.2, -0.15) is 0 Å². The molecule has 2 nitrogen and oxygen atoms in total. The van der Waals surface area contributed by atoms with E-state index in [1.54, 1.807) is 0 Å². The van der Waals surface area contributed by atoms with E-state index >= 15 is 0 Å². The van der Waals surface area contributed by atoms with Crippen LogP contribution in [-0.2, 0) is 4.79 Å². The monoisotopic (exact) mass is 239 g/mol. The zero-order valence-electron chi connectivity index (χ0n) is 8.18. The first-order valence-electron chi connectivity index (χ1n) is 4.52. The third-order valence-electron chi connectivity index (χ3n) is 2.23. The van der Waals surface area contributed by atoms with Gasteiger partial charge in [0.1, 0.15) is 0 Å². The van der Waals surface area contributed by atoms with Crippen molar-refractivity contribution in [2.45, 2.75) is 39.0 Å². The second kappa shape index (κ2) is 7.66. The van der Waals surface area contributed by atoms with Crippen molar-refractivity contribution in [3.05, 3.63) is 5.32 Å². The van der Waals surface area contributed by atoms with Gasteiger partial charge in [0.15, 0.2) is 0 Å². The molecule has 0 aromatic carbocycles. The van der Waals surface area contributed by atoms with E-state index < -0.39 is 0 Å². The largest absolute Gasteiger partial charge is 1.00 e. The molecule has 1 saturated heterocycles.